The molecule has 1 aromatic carbocycles. The smallest absolute Gasteiger partial charge is 0.269 e. The second-order valence-electron chi connectivity index (χ2n) is 7.60. The van der Waals surface area contributed by atoms with E-state index in [9.17, 15) is 14.9 Å². The van der Waals surface area contributed by atoms with Gasteiger partial charge in [-0.25, -0.2) is 0 Å². The standard InChI is InChI=1S/C24H22N4O3/c1-16-9-11-19(12-10-16)31-23-20(24(30)28-13-5-4-8-21(28)27-23)14-17(15-25)22(29)26-18-6-2-3-7-18/h4-5,8-14,18H,2-3,6-7H2,1H3,(H,26,29)/b17-14-. The summed E-state index contributed by atoms with van der Waals surface area (Å²) in [5.41, 5.74) is 0.932. The number of nitrogens with one attached hydrogen (secondary N) is 1. The molecule has 156 valence electrons. The van der Waals surface area contributed by atoms with Crippen LogP contribution in [0.5, 0.6) is 11.6 Å². The van der Waals surface area contributed by atoms with Crippen LogP contribution < -0.4 is 15.6 Å². The Morgan fingerprint density at radius 2 is 1.97 bits per heavy atom. The summed E-state index contributed by atoms with van der Waals surface area (Å²) in [6.45, 7) is 1.96. The lowest BCUT2D eigenvalue weighted by Gasteiger charge is -2.12. The van der Waals surface area contributed by atoms with Gasteiger partial charge in [0, 0.05) is 12.2 Å². The van der Waals surface area contributed by atoms with Crippen LogP contribution in [0.3, 0.4) is 0 Å². The zero-order valence-electron chi connectivity index (χ0n) is 17.2. The summed E-state index contributed by atoms with van der Waals surface area (Å²) in [6, 6.07) is 14.5. The summed E-state index contributed by atoms with van der Waals surface area (Å²) < 4.78 is 7.26. The van der Waals surface area contributed by atoms with Crippen molar-refractivity contribution in [1.82, 2.24) is 14.7 Å². The Labute approximate surface area is 179 Å². The molecule has 0 bridgehead atoms. The molecule has 0 saturated heterocycles. The fraction of sp³-hybridized carbons (Fsp3) is 0.250. The quantitative estimate of drug-likeness (QED) is 0.506. The first-order valence-corrected chi connectivity index (χ1v) is 10.2. The molecule has 7 heteroatoms. The second kappa shape index (κ2) is 8.84. The number of hydrogen-bond donors (Lipinski definition) is 1. The molecule has 2 heterocycles. The number of hydrogen-bond acceptors (Lipinski definition) is 5. The van der Waals surface area contributed by atoms with Gasteiger partial charge in [-0.2, -0.15) is 10.2 Å². The van der Waals surface area contributed by atoms with Crippen molar-refractivity contribution in [3.05, 3.63) is 75.7 Å². The molecule has 4 rings (SSSR count). The van der Waals surface area contributed by atoms with Crippen molar-refractivity contribution in [2.45, 2.75) is 38.6 Å². The molecular weight excluding hydrogens is 392 g/mol. The highest BCUT2D eigenvalue weighted by molar-refractivity contribution is 6.02. The van der Waals surface area contributed by atoms with Crippen LogP contribution in [0.4, 0.5) is 0 Å². The molecule has 7 nitrogen and oxygen atoms in total. The van der Waals surface area contributed by atoms with Crippen molar-refractivity contribution < 1.29 is 9.53 Å². The number of rotatable bonds is 5. The molecular formula is C24H22N4O3. The van der Waals surface area contributed by atoms with Crippen LogP contribution in [0, 0.1) is 18.3 Å². The maximum atomic E-state index is 13.2. The molecule has 0 aliphatic heterocycles. The molecule has 0 radical (unpaired) electrons. The Kier molecular flexibility index (Phi) is 5.80. The Morgan fingerprint density at radius 3 is 2.68 bits per heavy atom. The van der Waals surface area contributed by atoms with Gasteiger partial charge in [-0.1, -0.05) is 36.6 Å². The lowest BCUT2D eigenvalue weighted by Crippen LogP contribution is -2.33. The van der Waals surface area contributed by atoms with E-state index >= 15 is 0 Å². The van der Waals surface area contributed by atoms with E-state index in [0.717, 1.165) is 31.2 Å². The van der Waals surface area contributed by atoms with E-state index in [0.29, 0.717) is 11.4 Å². The number of nitrogens with zero attached hydrogens (tertiary/aromatic N) is 3. The van der Waals surface area contributed by atoms with Gasteiger partial charge in [-0.15, -0.1) is 0 Å². The minimum Gasteiger partial charge on any atom is -0.438 e. The van der Waals surface area contributed by atoms with Crippen molar-refractivity contribution in [3.63, 3.8) is 0 Å². The largest absolute Gasteiger partial charge is 0.438 e. The third-order valence-corrected chi connectivity index (χ3v) is 5.31. The van der Waals surface area contributed by atoms with Crippen molar-refractivity contribution in [1.29, 1.82) is 5.26 Å². The first kappa shape index (κ1) is 20.4. The zero-order chi connectivity index (χ0) is 21.8. The summed E-state index contributed by atoms with van der Waals surface area (Å²) in [7, 11) is 0. The first-order valence-electron chi connectivity index (χ1n) is 10.2. The van der Waals surface area contributed by atoms with Gasteiger partial charge in [0.25, 0.3) is 11.5 Å². The number of aryl methyl sites for hydroxylation is 1. The van der Waals surface area contributed by atoms with Crippen molar-refractivity contribution >= 4 is 17.6 Å². The molecule has 3 aromatic rings. The fourth-order valence-electron chi connectivity index (χ4n) is 3.63. The number of benzene rings is 1. The van der Waals surface area contributed by atoms with Crippen molar-refractivity contribution in [2.24, 2.45) is 0 Å². The number of pyridine rings is 1. The monoisotopic (exact) mass is 414 g/mol. The highest BCUT2D eigenvalue weighted by atomic mass is 16.5. The average Bonchev–Trinajstić information content (AvgIpc) is 3.28. The Hall–Kier alpha value is -3.92. The molecule has 1 aliphatic rings. The zero-order valence-corrected chi connectivity index (χ0v) is 17.2. The molecule has 1 saturated carbocycles. The third-order valence-electron chi connectivity index (χ3n) is 5.31. The molecule has 0 atom stereocenters. The summed E-state index contributed by atoms with van der Waals surface area (Å²) in [6.07, 6.45) is 6.76. The minimum atomic E-state index is -0.492. The SMILES string of the molecule is Cc1ccc(Oc2nc3ccccn3c(=O)c2/C=C(/C#N)C(=O)NC2CCCC2)cc1. The van der Waals surface area contributed by atoms with Crippen LogP contribution in [-0.2, 0) is 4.79 Å². The predicted octanol–water partition coefficient (Wildman–Crippen LogP) is 3.76. The molecule has 1 aliphatic carbocycles. The van der Waals surface area contributed by atoms with Crippen LogP contribution in [0.15, 0.2) is 59.0 Å². The van der Waals surface area contributed by atoms with Gasteiger partial charge in [0.1, 0.15) is 28.6 Å². The highest BCUT2D eigenvalue weighted by Crippen LogP contribution is 2.24. The number of aromatic nitrogens is 2. The fourth-order valence-corrected chi connectivity index (χ4v) is 3.63. The number of carbonyl (C=O) groups excluding carboxylic acids is 1. The minimum absolute atomic E-state index is 0.0430. The normalized spacial score (nSPS) is 14.4. The molecule has 1 N–H and O–H groups in total. The van der Waals surface area contributed by atoms with E-state index < -0.39 is 11.5 Å². The van der Waals surface area contributed by atoms with E-state index in [1.165, 1.54) is 10.5 Å². The van der Waals surface area contributed by atoms with Gasteiger partial charge in [0.15, 0.2) is 0 Å². The van der Waals surface area contributed by atoms with Gasteiger partial charge >= 0.3 is 0 Å². The lowest BCUT2D eigenvalue weighted by molar-refractivity contribution is -0.117. The number of ether oxygens (including phenoxy) is 1. The Bertz CT molecular complexity index is 1250. The topological polar surface area (TPSA) is 96.5 Å². The highest BCUT2D eigenvalue weighted by Gasteiger charge is 2.21. The summed E-state index contributed by atoms with van der Waals surface area (Å²) in [5.74, 6) is 0.0519. The van der Waals surface area contributed by atoms with Gasteiger partial charge in [0.2, 0.25) is 5.88 Å². The van der Waals surface area contributed by atoms with Gasteiger partial charge < -0.3 is 10.1 Å². The van der Waals surface area contributed by atoms with Crippen LogP contribution in [0.1, 0.15) is 36.8 Å². The molecule has 0 spiro atoms. The van der Waals surface area contributed by atoms with E-state index in [2.05, 4.69) is 10.3 Å². The summed E-state index contributed by atoms with van der Waals surface area (Å²) in [5, 5.41) is 12.5. The van der Waals surface area contributed by atoms with Crippen LogP contribution >= 0.6 is 0 Å². The number of nitriles is 1. The van der Waals surface area contributed by atoms with Crippen molar-refractivity contribution in [2.75, 3.05) is 0 Å². The van der Waals surface area contributed by atoms with Crippen molar-refractivity contribution in [3.8, 4) is 17.7 Å². The first-order chi connectivity index (χ1) is 15.0. The average molecular weight is 414 g/mol. The number of fused-ring (bicyclic) bond motifs is 1. The number of amides is 1. The molecule has 1 fully saturated rings. The van der Waals surface area contributed by atoms with E-state index in [1.54, 1.807) is 36.5 Å². The molecule has 2 aromatic heterocycles. The van der Waals surface area contributed by atoms with Crippen LogP contribution in [0.2, 0.25) is 0 Å². The maximum absolute atomic E-state index is 13.2. The summed E-state index contributed by atoms with van der Waals surface area (Å²) in [4.78, 5) is 30.3. The summed E-state index contributed by atoms with van der Waals surface area (Å²) >= 11 is 0. The van der Waals surface area contributed by atoms with E-state index in [-0.39, 0.29) is 23.1 Å². The van der Waals surface area contributed by atoms with Gasteiger partial charge in [0.05, 0.1) is 0 Å². The molecule has 31 heavy (non-hydrogen) atoms. The molecule has 0 unspecified atom stereocenters. The van der Waals surface area contributed by atoms with Crippen LogP contribution in [0.25, 0.3) is 11.7 Å². The Balaban J connectivity index is 1.78. The van der Waals surface area contributed by atoms with Gasteiger partial charge in [-0.3, -0.25) is 14.0 Å². The van der Waals surface area contributed by atoms with Gasteiger partial charge in [-0.05, 0) is 50.1 Å². The van der Waals surface area contributed by atoms with E-state index in [4.69, 9.17) is 4.74 Å². The second-order valence-corrected chi connectivity index (χ2v) is 7.60. The Morgan fingerprint density at radius 1 is 1.23 bits per heavy atom. The van der Waals surface area contributed by atoms with E-state index in [1.807, 2.05) is 25.1 Å². The van der Waals surface area contributed by atoms with Crippen LogP contribution in [-0.4, -0.2) is 21.3 Å². The third kappa shape index (κ3) is 4.48. The lowest BCUT2D eigenvalue weighted by atomic mass is 10.1. The number of carbonyl (C=O) groups is 1. The predicted molar refractivity (Wildman–Crippen MR) is 117 cm³/mol. The maximum Gasteiger partial charge on any atom is 0.269 e. The molecule has 1 amide bonds.